The number of aliphatic hydroxyl groups excluding tert-OH is 1. The highest BCUT2D eigenvalue weighted by Gasteiger charge is 1.94. The molecule has 2 N–H and O–H groups in total. The Morgan fingerprint density at radius 2 is 1.79 bits per heavy atom. The van der Waals surface area contributed by atoms with Crippen molar-refractivity contribution in [3.05, 3.63) is 29.8 Å². The van der Waals surface area contributed by atoms with Crippen LogP contribution in [0.1, 0.15) is 31.2 Å². The van der Waals surface area contributed by atoms with E-state index in [9.17, 15) is 5.11 Å². The van der Waals surface area contributed by atoms with Crippen molar-refractivity contribution in [3.8, 4) is 5.75 Å². The monoisotopic (exact) mass is 194 g/mol. The lowest BCUT2D eigenvalue weighted by atomic mass is 10.1. The van der Waals surface area contributed by atoms with Crippen molar-refractivity contribution in [3.63, 3.8) is 0 Å². The molecule has 0 aliphatic heterocycles. The Bertz CT molecular complexity index is 258. The van der Waals surface area contributed by atoms with E-state index >= 15 is 0 Å². The van der Waals surface area contributed by atoms with Crippen molar-refractivity contribution in [2.75, 3.05) is 6.61 Å². The molecule has 78 valence electrons. The van der Waals surface area contributed by atoms with Crippen LogP contribution in [-0.2, 0) is 6.42 Å². The van der Waals surface area contributed by atoms with Crippen LogP contribution in [0.4, 0.5) is 0 Å². The maximum atomic E-state index is 9.22. The zero-order chi connectivity index (χ0) is 10.2. The van der Waals surface area contributed by atoms with Crippen LogP contribution < -0.4 is 0 Å². The Balaban J connectivity index is 2.18. The highest BCUT2D eigenvalue weighted by atomic mass is 16.3. The number of aliphatic hydroxyl groups is 1. The van der Waals surface area contributed by atoms with E-state index in [0.29, 0.717) is 12.4 Å². The molecule has 2 nitrogen and oxygen atoms in total. The van der Waals surface area contributed by atoms with E-state index in [0.717, 1.165) is 32.1 Å². The van der Waals surface area contributed by atoms with Crippen LogP contribution in [0.25, 0.3) is 0 Å². The number of rotatable bonds is 6. The van der Waals surface area contributed by atoms with Gasteiger partial charge in [-0.3, -0.25) is 0 Å². The van der Waals surface area contributed by atoms with Crippen LogP contribution in [0.5, 0.6) is 5.75 Å². The Labute approximate surface area is 85.2 Å². The Hall–Kier alpha value is -1.02. The summed E-state index contributed by atoms with van der Waals surface area (Å²) in [7, 11) is 0. The summed E-state index contributed by atoms with van der Waals surface area (Å²) in [6, 6.07) is 7.41. The largest absolute Gasteiger partial charge is 0.508 e. The second kappa shape index (κ2) is 6.44. The normalized spacial score (nSPS) is 10.4. The molecule has 0 spiro atoms. The molecule has 0 aromatic heterocycles. The summed E-state index contributed by atoms with van der Waals surface area (Å²) in [5.41, 5.74) is 1.19. The molecular formula is C12H18O2. The summed E-state index contributed by atoms with van der Waals surface area (Å²) in [5, 5.41) is 17.8. The van der Waals surface area contributed by atoms with Gasteiger partial charge in [-0.25, -0.2) is 0 Å². The van der Waals surface area contributed by atoms with E-state index in [1.807, 2.05) is 18.2 Å². The van der Waals surface area contributed by atoms with Gasteiger partial charge in [0.1, 0.15) is 5.75 Å². The zero-order valence-corrected chi connectivity index (χ0v) is 8.45. The average Bonchev–Trinajstić information content (AvgIpc) is 2.18. The molecule has 0 aliphatic carbocycles. The highest BCUT2D eigenvalue weighted by Crippen LogP contribution is 2.13. The fraction of sp³-hybridized carbons (Fsp3) is 0.500. The van der Waals surface area contributed by atoms with Gasteiger partial charge in [-0.2, -0.15) is 0 Å². The first kappa shape index (κ1) is 11.1. The molecule has 14 heavy (non-hydrogen) atoms. The molecular weight excluding hydrogens is 176 g/mol. The summed E-state index contributed by atoms with van der Waals surface area (Å²) < 4.78 is 0. The van der Waals surface area contributed by atoms with Crippen LogP contribution in [0, 0.1) is 0 Å². The minimum absolute atomic E-state index is 0.298. The first-order chi connectivity index (χ1) is 6.83. The second-order valence-electron chi connectivity index (χ2n) is 3.56. The minimum Gasteiger partial charge on any atom is -0.508 e. The van der Waals surface area contributed by atoms with Crippen LogP contribution in [-0.4, -0.2) is 16.8 Å². The average molecular weight is 194 g/mol. The molecule has 0 amide bonds. The molecule has 0 radical (unpaired) electrons. The fourth-order valence-corrected chi connectivity index (χ4v) is 1.51. The number of phenolic OH excluding ortho intramolecular Hbond substituents is 1. The Kier molecular flexibility index (Phi) is 5.08. The van der Waals surface area contributed by atoms with Gasteiger partial charge in [0.25, 0.3) is 0 Å². The molecule has 0 heterocycles. The lowest BCUT2D eigenvalue weighted by Crippen LogP contribution is -1.87. The molecule has 0 unspecified atom stereocenters. The second-order valence-corrected chi connectivity index (χ2v) is 3.56. The predicted molar refractivity (Wildman–Crippen MR) is 57.4 cm³/mol. The lowest BCUT2D eigenvalue weighted by Gasteiger charge is -2.01. The van der Waals surface area contributed by atoms with Crippen molar-refractivity contribution in [2.45, 2.75) is 32.1 Å². The van der Waals surface area contributed by atoms with Crippen LogP contribution >= 0.6 is 0 Å². The molecule has 2 heteroatoms. The molecule has 0 atom stereocenters. The summed E-state index contributed by atoms with van der Waals surface area (Å²) in [5.74, 6) is 0.345. The van der Waals surface area contributed by atoms with Crippen LogP contribution in [0.2, 0.25) is 0 Å². The van der Waals surface area contributed by atoms with E-state index in [-0.39, 0.29) is 0 Å². The predicted octanol–water partition coefficient (Wildman–Crippen LogP) is 2.49. The number of unbranched alkanes of at least 4 members (excludes halogenated alkanes) is 3. The summed E-state index contributed by atoms with van der Waals surface area (Å²) in [6.45, 7) is 0.298. The van der Waals surface area contributed by atoms with E-state index in [2.05, 4.69) is 0 Å². The first-order valence-corrected chi connectivity index (χ1v) is 5.21. The van der Waals surface area contributed by atoms with Gasteiger partial charge in [0.05, 0.1) is 0 Å². The van der Waals surface area contributed by atoms with Gasteiger partial charge in [0.15, 0.2) is 0 Å². The number of aryl methyl sites for hydroxylation is 1. The quantitative estimate of drug-likeness (QED) is 0.683. The Morgan fingerprint density at radius 3 is 2.50 bits per heavy atom. The minimum atomic E-state index is 0.298. The molecule has 1 aromatic carbocycles. The highest BCUT2D eigenvalue weighted by molar-refractivity contribution is 5.27. The van der Waals surface area contributed by atoms with Gasteiger partial charge >= 0.3 is 0 Å². The fourth-order valence-electron chi connectivity index (χ4n) is 1.51. The summed E-state index contributed by atoms with van der Waals surface area (Å²) in [4.78, 5) is 0. The number of benzene rings is 1. The van der Waals surface area contributed by atoms with E-state index in [1.54, 1.807) is 6.07 Å². The molecule has 0 fully saturated rings. The standard InChI is InChI=1S/C12H18O2/c13-9-4-2-1-3-6-11-7-5-8-12(14)10-11/h5,7-8,10,13-14H,1-4,6,9H2. The number of aromatic hydroxyl groups is 1. The third kappa shape index (κ3) is 4.28. The smallest absolute Gasteiger partial charge is 0.115 e. The van der Waals surface area contributed by atoms with E-state index < -0.39 is 0 Å². The SMILES string of the molecule is OCCCCCCc1cccc(O)c1. The van der Waals surface area contributed by atoms with E-state index in [1.165, 1.54) is 5.56 Å². The molecule has 0 saturated heterocycles. The van der Waals surface area contributed by atoms with Gasteiger partial charge in [0, 0.05) is 6.61 Å². The van der Waals surface area contributed by atoms with Gasteiger partial charge in [0.2, 0.25) is 0 Å². The van der Waals surface area contributed by atoms with Gasteiger partial charge in [-0.1, -0.05) is 25.0 Å². The van der Waals surface area contributed by atoms with Gasteiger partial charge in [-0.05, 0) is 37.0 Å². The number of hydrogen-bond donors (Lipinski definition) is 2. The zero-order valence-electron chi connectivity index (χ0n) is 8.45. The van der Waals surface area contributed by atoms with Crippen molar-refractivity contribution in [2.24, 2.45) is 0 Å². The third-order valence-electron chi connectivity index (χ3n) is 2.28. The first-order valence-electron chi connectivity index (χ1n) is 5.21. The molecule has 0 bridgehead atoms. The lowest BCUT2D eigenvalue weighted by molar-refractivity contribution is 0.282. The van der Waals surface area contributed by atoms with Crippen LogP contribution in [0.15, 0.2) is 24.3 Å². The topological polar surface area (TPSA) is 40.5 Å². The maximum absolute atomic E-state index is 9.22. The third-order valence-corrected chi connectivity index (χ3v) is 2.28. The van der Waals surface area contributed by atoms with Gasteiger partial charge in [-0.15, -0.1) is 0 Å². The molecule has 0 saturated carbocycles. The number of phenols is 1. The number of hydrogen-bond acceptors (Lipinski definition) is 2. The van der Waals surface area contributed by atoms with Crippen molar-refractivity contribution < 1.29 is 10.2 Å². The summed E-state index contributed by atoms with van der Waals surface area (Å²) in [6.07, 6.45) is 5.29. The summed E-state index contributed by atoms with van der Waals surface area (Å²) >= 11 is 0. The molecule has 1 rings (SSSR count). The Morgan fingerprint density at radius 1 is 1.00 bits per heavy atom. The van der Waals surface area contributed by atoms with Gasteiger partial charge < -0.3 is 10.2 Å². The molecule has 1 aromatic rings. The van der Waals surface area contributed by atoms with Crippen LogP contribution in [0.3, 0.4) is 0 Å². The van der Waals surface area contributed by atoms with Crippen molar-refractivity contribution in [1.29, 1.82) is 0 Å². The van der Waals surface area contributed by atoms with E-state index in [4.69, 9.17) is 5.11 Å². The molecule has 0 aliphatic rings. The maximum Gasteiger partial charge on any atom is 0.115 e. The van der Waals surface area contributed by atoms with Crippen molar-refractivity contribution >= 4 is 0 Å². The van der Waals surface area contributed by atoms with Crippen molar-refractivity contribution in [1.82, 2.24) is 0 Å².